The van der Waals surface area contributed by atoms with Gasteiger partial charge < -0.3 is 5.32 Å². The Morgan fingerprint density at radius 2 is 1.95 bits per heavy atom. The van der Waals surface area contributed by atoms with Crippen LogP contribution in [-0.4, -0.2) is 27.9 Å². The smallest absolute Gasteiger partial charge is 0.155 e. The maximum Gasteiger partial charge on any atom is 0.155 e. The number of piperidine rings is 1. The second kappa shape index (κ2) is 6.18. The van der Waals surface area contributed by atoms with Gasteiger partial charge in [-0.3, -0.25) is 0 Å². The van der Waals surface area contributed by atoms with Crippen LogP contribution in [0.15, 0.2) is 30.3 Å². The summed E-state index contributed by atoms with van der Waals surface area (Å²) in [5.41, 5.74) is 1.28. The molecule has 20 heavy (non-hydrogen) atoms. The molecular weight excluding hydrogens is 248 g/mol. The predicted molar refractivity (Wildman–Crippen MR) is 79.8 cm³/mol. The molecule has 1 fully saturated rings. The van der Waals surface area contributed by atoms with Gasteiger partial charge in [0.2, 0.25) is 0 Å². The Kier molecular flexibility index (Phi) is 4.11. The van der Waals surface area contributed by atoms with E-state index in [9.17, 15) is 0 Å². The first-order valence-electron chi connectivity index (χ1n) is 7.55. The Balaban J connectivity index is 1.81. The summed E-state index contributed by atoms with van der Waals surface area (Å²) in [6.45, 7) is 4.33. The van der Waals surface area contributed by atoms with Crippen LogP contribution in [0.5, 0.6) is 0 Å². The highest BCUT2D eigenvalue weighted by molar-refractivity contribution is 5.18. The Hall–Kier alpha value is -1.68. The van der Waals surface area contributed by atoms with E-state index >= 15 is 0 Å². The van der Waals surface area contributed by atoms with E-state index < -0.39 is 0 Å². The minimum atomic E-state index is 0.517. The zero-order chi connectivity index (χ0) is 13.8. The van der Waals surface area contributed by atoms with Crippen LogP contribution in [0.4, 0.5) is 0 Å². The summed E-state index contributed by atoms with van der Waals surface area (Å²) in [7, 11) is 0. The monoisotopic (exact) mass is 270 g/mol. The molecule has 1 aliphatic rings. The standard InChI is InChI=1S/C16H22N4/c1-2-16-18-15(12-13-6-4-3-5-7-13)19-20(16)14-8-10-17-11-9-14/h3-7,14,17H,2,8-12H2,1H3. The third-order valence-electron chi connectivity index (χ3n) is 3.92. The van der Waals surface area contributed by atoms with Crippen molar-refractivity contribution < 1.29 is 0 Å². The van der Waals surface area contributed by atoms with Crippen LogP contribution < -0.4 is 5.32 Å². The number of hydrogen-bond acceptors (Lipinski definition) is 3. The molecule has 0 radical (unpaired) electrons. The van der Waals surface area contributed by atoms with E-state index in [0.717, 1.165) is 50.4 Å². The van der Waals surface area contributed by atoms with Crippen LogP contribution in [0.1, 0.15) is 43.0 Å². The first-order chi connectivity index (χ1) is 9.86. The van der Waals surface area contributed by atoms with Crippen molar-refractivity contribution in [3.8, 4) is 0 Å². The molecule has 4 nitrogen and oxygen atoms in total. The number of aromatic nitrogens is 3. The minimum absolute atomic E-state index is 0.517. The molecule has 0 saturated carbocycles. The van der Waals surface area contributed by atoms with E-state index in [1.807, 2.05) is 6.07 Å². The van der Waals surface area contributed by atoms with Crippen molar-refractivity contribution in [1.29, 1.82) is 0 Å². The second-order valence-electron chi connectivity index (χ2n) is 5.39. The van der Waals surface area contributed by atoms with Crippen molar-refractivity contribution in [3.05, 3.63) is 47.5 Å². The molecule has 2 aromatic rings. The van der Waals surface area contributed by atoms with Gasteiger partial charge in [0.15, 0.2) is 5.82 Å². The molecule has 2 heterocycles. The molecule has 0 unspecified atom stereocenters. The lowest BCUT2D eigenvalue weighted by Crippen LogP contribution is -2.30. The highest BCUT2D eigenvalue weighted by atomic mass is 15.4. The van der Waals surface area contributed by atoms with Gasteiger partial charge in [0.05, 0.1) is 6.04 Å². The molecule has 3 rings (SSSR count). The second-order valence-corrected chi connectivity index (χ2v) is 5.39. The predicted octanol–water partition coefficient (Wildman–Crippen LogP) is 2.36. The van der Waals surface area contributed by atoms with Crippen LogP contribution in [0.25, 0.3) is 0 Å². The number of rotatable bonds is 4. The maximum atomic E-state index is 4.78. The molecular formula is C16H22N4. The average Bonchev–Trinajstić information content (AvgIpc) is 2.92. The largest absolute Gasteiger partial charge is 0.317 e. The molecule has 1 aromatic carbocycles. The number of nitrogens with one attached hydrogen (secondary N) is 1. The number of nitrogens with zero attached hydrogens (tertiary/aromatic N) is 3. The van der Waals surface area contributed by atoms with Crippen LogP contribution in [0, 0.1) is 0 Å². The topological polar surface area (TPSA) is 42.7 Å². The van der Waals surface area contributed by atoms with Gasteiger partial charge in [-0.1, -0.05) is 37.3 Å². The molecule has 0 aliphatic carbocycles. The van der Waals surface area contributed by atoms with Gasteiger partial charge in [0.1, 0.15) is 5.82 Å². The summed E-state index contributed by atoms with van der Waals surface area (Å²) >= 11 is 0. The van der Waals surface area contributed by atoms with Gasteiger partial charge in [-0.15, -0.1) is 0 Å². The first kappa shape index (κ1) is 13.3. The molecule has 106 valence electrons. The molecule has 1 aromatic heterocycles. The maximum absolute atomic E-state index is 4.78. The van der Waals surface area contributed by atoms with Crippen LogP contribution >= 0.6 is 0 Å². The summed E-state index contributed by atoms with van der Waals surface area (Å²) in [4.78, 5) is 4.73. The third kappa shape index (κ3) is 2.90. The Bertz CT molecular complexity index is 541. The van der Waals surface area contributed by atoms with Crippen molar-refractivity contribution in [1.82, 2.24) is 20.1 Å². The van der Waals surface area contributed by atoms with E-state index in [1.165, 1.54) is 5.56 Å². The highest BCUT2D eigenvalue weighted by Gasteiger charge is 2.20. The molecule has 0 atom stereocenters. The normalized spacial score (nSPS) is 16.4. The number of benzene rings is 1. The molecule has 4 heteroatoms. The van der Waals surface area contributed by atoms with Gasteiger partial charge in [-0.05, 0) is 31.5 Å². The average molecular weight is 270 g/mol. The SMILES string of the molecule is CCc1nc(Cc2ccccc2)nn1C1CCNCC1. The lowest BCUT2D eigenvalue weighted by molar-refractivity contribution is 0.333. The van der Waals surface area contributed by atoms with E-state index in [4.69, 9.17) is 10.1 Å². The number of aryl methyl sites for hydroxylation is 1. The van der Waals surface area contributed by atoms with Crippen molar-refractivity contribution in [2.24, 2.45) is 0 Å². The van der Waals surface area contributed by atoms with E-state index in [-0.39, 0.29) is 0 Å². The fourth-order valence-corrected chi connectivity index (χ4v) is 2.84. The van der Waals surface area contributed by atoms with Gasteiger partial charge in [0, 0.05) is 12.8 Å². The molecule has 1 saturated heterocycles. The third-order valence-corrected chi connectivity index (χ3v) is 3.92. The molecule has 0 amide bonds. The van der Waals surface area contributed by atoms with E-state index in [2.05, 4.69) is 41.2 Å². The fourth-order valence-electron chi connectivity index (χ4n) is 2.84. The molecule has 1 aliphatic heterocycles. The van der Waals surface area contributed by atoms with Crippen molar-refractivity contribution >= 4 is 0 Å². The van der Waals surface area contributed by atoms with Crippen molar-refractivity contribution in [3.63, 3.8) is 0 Å². The van der Waals surface area contributed by atoms with Gasteiger partial charge in [-0.2, -0.15) is 5.10 Å². The Labute approximate surface area is 120 Å². The van der Waals surface area contributed by atoms with E-state index in [1.54, 1.807) is 0 Å². The molecule has 1 N–H and O–H groups in total. The summed E-state index contributed by atoms with van der Waals surface area (Å²) in [6.07, 6.45) is 4.08. The summed E-state index contributed by atoms with van der Waals surface area (Å²) in [6, 6.07) is 11.0. The summed E-state index contributed by atoms with van der Waals surface area (Å²) in [5.74, 6) is 2.08. The fraction of sp³-hybridized carbons (Fsp3) is 0.500. The van der Waals surface area contributed by atoms with Crippen LogP contribution in [0.3, 0.4) is 0 Å². The quantitative estimate of drug-likeness (QED) is 0.927. The molecule has 0 bridgehead atoms. The van der Waals surface area contributed by atoms with Crippen LogP contribution in [-0.2, 0) is 12.8 Å². The van der Waals surface area contributed by atoms with E-state index in [0.29, 0.717) is 6.04 Å². The Morgan fingerprint density at radius 1 is 1.20 bits per heavy atom. The van der Waals surface area contributed by atoms with Crippen LogP contribution in [0.2, 0.25) is 0 Å². The minimum Gasteiger partial charge on any atom is -0.317 e. The lowest BCUT2D eigenvalue weighted by Gasteiger charge is -2.23. The summed E-state index contributed by atoms with van der Waals surface area (Å²) < 4.78 is 2.18. The summed E-state index contributed by atoms with van der Waals surface area (Å²) in [5, 5.41) is 8.18. The molecule has 0 spiro atoms. The first-order valence-corrected chi connectivity index (χ1v) is 7.55. The van der Waals surface area contributed by atoms with Crippen molar-refractivity contribution in [2.75, 3.05) is 13.1 Å². The van der Waals surface area contributed by atoms with Crippen molar-refractivity contribution in [2.45, 2.75) is 38.6 Å². The zero-order valence-corrected chi connectivity index (χ0v) is 12.0. The van der Waals surface area contributed by atoms with Gasteiger partial charge in [0.25, 0.3) is 0 Å². The Morgan fingerprint density at radius 3 is 2.65 bits per heavy atom. The van der Waals surface area contributed by atoms with Gasteiger partial charge >= 0.3 is 0 Å². The lowest BCUT2D eigenvalue weighted by atomic mass is 10.1. The highest BCUT2D eigenvalue weighted by Crippen LogP contribution is 2.20. The van der Waals surface area contributed by atoms with Gasteiger partial charge in [-0.25, -0.2) is 9.67 Å². The number of hydrogen-bond donors (Lipinski definition) is 1. The zero-order valence-electron chi connectivity index (χ0n) is 12.0.